The van der Waals surface area contributed by atoms with Gasteiger partial charge in [0.2, 0.25) is 0 Å². The van der Waals surface area contributed by atoms with Crippen LogP contribution in [0.4, 0.5) is 24.5 Å². The maximum Gasteiger partial charge on any atom is 0.416 e. The van der Waals surface area contributed by atoms with E-state index < -0.39 is 28.3 Å². The third-order valence-corrected chi connectivity index (χ3v) is 5.43. The molecule has 0 fully saturated rings. The largest absolute Gasteiger partial charge is 0.490 e. The number of halogens is 4. The van der Waals surface area contributed by atoms with Gasteiger partial charge in [0.15, 0.2) is 11.5 Å². The van der Waals surface area contributed by atoms with Crippen molar-refractivity contribution in [2.24, 2.45) is 5.10 Å². The van der Waals surface area contributed by atoms with Crippen LogP contribution in [0.3, 0.4) is 0 Å². The fourth-order valence-electron chi connectivity index (χ4n) is 3.09. The summed E-state index contributed by atoms with van der Waals surface area (Å²) in [4.78, 5) is 21.3. The number of carboxylic acid groups (broad SMARTS) is 1. The molecule has 2 N–H and O–H groups in total. The lowest BCUT2D eigenvalue weighted by molar-refractivity contribution is -0.384. The van der Waals surface area contributed by atoms with E-state index in [2.05, 4.69) is 26.5 Å². The SMILES string of the molecule is CCOc1cc(/C=N\Nc2ccc(C(F)(F)F)cc2[N+](=O)[O-])cc(Br)c1OCc1ccc(C(=O)O)cc1. The first-order valence-electron chi connectivity index (χ1n) is 10.6. The highest BCUT2D eigenvalue weighted by molar-refractivity contribution is 9.10. The smallest absolute Gasteiger partial charge is 0.416 e. The minimum Gasteiger partial charge on any atom is -0.490 e. The van der Waals surface area contributed by atoms with Crippen molar-refractivity contribution in [1.29, 1.82) is 0 Å². The van der Waals surface area contributed by atoms with Crippen LogP contribution in [0.25, 0.3) is 0 Å². The van der Waals surface area contributed by atoms with Crippen LogP contribution in [0.5, 0.6) is 11.5 Å². The summed E-state index contributed by atoms with van der Waals surface area (Å²) in [7, 11) is 0. The monoisotopic (exact) mass is 581 g/mol. The summed E-state index contributed by atoms with van der Waals surface area (Å²) in [5.41, 5.74) is 1.64. The lowest BCUT2D eigenvalue weighted by Gasteiger charge is -2.15. The molecule has 0 radical (unpaired) electrons. The lowest BCUT2D eigenvalue weighted by Crippen LogP contribution is -2.06. The maximum atomic E-state index is 12.9. The van der Waals surface area contributed by atoms with Gasteiger partial charge in [-0.15, -0.1) is 0 Å². The van der Waals surface area contributed by atoms with Crippen molar-refractivity contribution in [1.82, 2.24) is 0 Å². The molecule has 0 atom stereocenters. The van der Waals surface area contributed by atoms with Crippen LogP contribution in [0.2, 0.25) is 0 Å². The van der Waals surface area contributed by atoms with Crippen LogP contribution in [-0.4, -0.2) is 28.8 Å². The van der Waals surface area contributed by atoms with Gasteiger partial charge >= 0.3 is 12.1 Å². The van der Waals surface area contributed by atoms with Gasteiger partial charge < -0.3 is 14.6 Å². The predicted octanol–water partition coefficient (Wildman–Crippen LogP) is 6.50. The maximum absolute atomic E-state index is 12.9. The second-order valence-electron chi connectivity index (χ2n) is 7.41. The van der Waals surface area contributed by atoms with Crippen molar-refractivity contribution in [3.8, 4) is 11.5 Å². The molecule has 3 aromatic rings. The Kier molecular flexibility index (Phi) is 8.71. The molecule has 0 aromatic heterocycles. The van der Waals surface area contributed by atoms with E-state index in [0.717, 1.165) is 17.7 Å². The van der Waals surface area contributed by atoms with Gasteiger partial charge in [-0.1, -0.05) is 12.1 Å². The first-order chi connectivity index (χ1) is 17.5. The van der Waals surface area contributed by atoms with Crippen molar-refractivity contribution in [2.75, 3.05) is 12.0 Å². The van der Waals surface area contributed by atoms with Crippen LogP contribution in [0.1, 0.15) is 34.0 Å². The van der Waals surface area contributed by atoms with Crippen LogP contribution in [-0.2, 0) is 12.8 Å². The minimum absolute atomic E-state index is 0.130. The average Bonchev–Trinajstić information content (AvgIpc) is 2.83. The molecule has 0 saturated carbocycles. The Morgan fingerprint density at radius 3 is 2.46 bits per heavy atom. The first kappa shape index (κ1) is 27.5. The highest BCUT2D eigenvalue weighted by Crippen LogP contribution is 2.38. The number of anilines is 1. The number of nitro benzene ring substituents is 1. The fourth-order valence-corrected chi connectivity index (χ4v) is 3.67. The third-order valence-electron chi connectivity index (χ3n) is 4.84. The number of carbonyl (C=O) groups is 1. The number of alkyl halides is 3. The van der Waals surface area contributed by atoms with Crippen molar-refractivity contribution < 1.29 is 37.5 Å². The zero-order chi connectivity index (χ0) is 27.2. The van der Waals surface area contributed by atoms with Gasteiger partial charge in [-0.3, -0.25) is 15.5 Å². The highest BCUT2D eigenvalue weighted by atomic mass is 79.9. The molecular weight excluding hydrogens is 563 g/mol. The molecule has 0 amide bonds. The van der Waals surface area contributed by atoms with Crippen molar-refractivity contribution in [3.05, 3.63) is 91.4 Å². The van der Waals surface area contributed by atoms with Crippen molar-refractivity contribution in [3.63, 3.8) is 0 Å². The summed E-state index contributed by atoms with van der Waals surface area (Å²) < 4.78 is 50.7. The Bertz CT molecular complexity index is 1330. The molecular formula is C24H19BrF3N3O6. The van der Waals surface area contributed by atoms with E-state index in [1.165, 1.54) is 18.3 Å². The van der Waals surface area contributed by atoms with Gasteiger partial charge in [0.25, 0.3) is 5.69 Å². The molecule has 13 heteroatoms. The van der Waals surface area contributed by atoms with Crippen LogP contribution < -0.4 is 14.9 Å². The Balaban J connectivity index is 1.78. The molecule has 0 aliphatic carbocycles. The topological polar surface area (TPSA) is 123 Å². The molecule has 3 rings (SSSR count). The van der Waals surface area contributed by atoms with E-state index in [9.17, 15) is 28.1 Å². The number of hydrogen-bond donors (Lipinski definition) is 2. The number of carboxylic acids is 1. The zero-order valence-corrected chi connectivity index (χ0v) is 20.7. The minimum atomic E-state index is -4.72. The number of nitrogens with one attached hydrogen (secondary N) is 1. The van der Waals surface area contributed by atoms with Gasteiger partial charge in [0, 0.05) is 6.07 Å². The molecule has 0 bridgehead atoms. The Hall–Kier alpha value is -4.13. The van der Waals surface area contributed by atoms with Crippen LogP contribution in [0.15, 0.2) is 64.2 Å². The number of aromatic carboxylic acids is 1. The number of nitrogens with zero attached hydrogens (tertiary/aromatic N) is 2. The average molecular weight is 582 g/mol. The normalized spacial score (nSPS) is 11.4. The standard InChI is InChI=1S/C24H19BrF3N3O6/c1-2-36-21-10-15(9-18(25)22(21)37-13-14-3-5-16(6-4-14)23(32)33)12-29-30-19-8-7-17(24(26,27)28)11-20(19)31(34)35/h3-12,30H,2,13H2,1H3,(H,32,33)/b29-12-. The van der Waals surface area contributed by atoms with E-state index >= 15 is 0 Å². The van der Waals surface area contributed by atoms with E-state index in [0.29, 0.717) is 34.2 Å². The molecule has 0 aliphatic rings. The second kappa shape index (κ2) is 11.7. The Labute approximate surface area is 216 Å². The number of rotatable bonds is 10. The molecule has 9 nitrogen and oxygen atoms in total. The Morgan fingerprint density at radius 2 is 1.86 bits per heavy atom. The van der Waals surface area contributed by atoms with Crippen molar-refractivity contribution in [2.45, 2.75) is 19.7 Å². The molecule has 194 valence electrons. The molecule has 0 unspecified atom stereocenters. The highest BCUT2D eigenvalue weighted by Gasteiger charge is 2.33. The predicted molar refractivity (Wildman–Crippen MR) is 132 cm³/mol. The van der Waals surface area contributed by atoms with Crippen molar-refractivity contribution >= 4 is 39.5 Å². The quantitative estimate of drug-likeness (QED) is 0.159. The molecule has 0 aliphatic heterocycles. The van der Waals surface area contributed by atoms with Crippen LogP contribution >= 0.6 is 15.9 Å². The third kappa shape index (κ3) is 7.19. The number of hydrogen-bond acceptors (Lipinski definition) is 7. The molecule has 37 heavy (non-hydrogen) atoms. The summed E-state index contributed by atoms with van der Waals surface area (Å²) in [6.07, 6.45) is -3.41. The molecule has 0 saturated heterocycles. The fraction of sp³-hybridized carbons (Fsp3) is 0.167. The summed E-state index contributed by atoms with van der Waals surface area (Å²) >= 11 is 3.41. The van der Waals surface area contributed by atoms with E-state index in [1.54, 1.807) is 31.2 Å². The number of nitro groups is 1. The summed E-state index contributed by atoms with van der Waals surface area (Å²) in [5.74, 6) is -0.290. The second-order valence-corrected chi connectivity index (χ2v) is 8.26. The van der Waals surface area contributed by atoms with Gasteiger partial charge in [-0.2, -0.15) is 18.3 Å². The van der Waals surface area contributed by atoms with Gasteiger partial charge in [0.05, 0.1) is 33.3 Å². The van der Waals surface area contributed by atoms with Gasteiger partial charge in [0.1, 0.15) is 12.3 Å². The number of benzene rings is 3. The van der Waals surface area contributed by atoms with E-state index in [4.69, 9.17) is 14.6 Å². The van der Waals surface area contributed by atoms with Gasteiger partial charge in [-0.05, 0) is 70.4 Å². The summed E-state index contributed by atoms with van der Waals surface area (Å²) in [6, 6.07) is 11.5. The van der Waals surface area contributed by atoms with E-state index in [1.807, 2.05) is 0 Å². The van der Waals surface area contributed by atoms with E-state index in [-0.39, 0.29) is 17.9 Å². The summed E-state index contributed by atoms with van der Waals surface area (Å²) in [6.45, 7) is 2.21. The number of hydrazone groups is 1. The zero-order valence-electron chi connectivity index (χ0n) is 19.1. The first-order valence-corrected chi connectivity index (χ1v) is 11.3. The molecule has 3 aromatic carbocycles. The molecule has 0 heterocycles. The Morgan fingerprint density at radius 1 is 1.16 bits per heavy atom. The molecule has 0 spiro atoms. The van der Waals surface area contributed by atoms with Crippen LogP contribution in [0, 0.1) is 10.1 Å². The lowest BCUT2D eigenvalue weighted by atomic mass is 10.1. The van der Waals surface area contributed by atoms with Gasteiger partial charge in [-0.25, -0.2) is 4.79 Å². The number of ether oxygens (including phenoxy) is 2. The summed E-state index contributed by atoms with van der Waals surface area (Å²) in [5, 5.41) is 24.1.